The van der Waals surface area contributed by atoms with Gasteiger partial charge in [-0.15, -0.1) is 10.2 Å². The fourth-order valence-electron chi connectivity index (χ4n) is 2.67. The summed E-state index contributed by atoms with van der Waals surface area (Å²) in [5.41, 5.74) is 5.42. The van der Waals surface area contributed by atoms with E-state index in [1.54, 1.807) is 0 Å². The molecule has 3 N–H and O–H groups in total. The average Bonchev–Trinajstić information content (AvgIpc) is 2.65. The molecular weight excluding hydrogens is 484 g/mol. The van der Waals surface area contributed by atoms with Crippen molar-refractivity contribution in [2.75, 3.05) is 12.8 Å². The number of azo groups is 1. The van der Waals surface area contributed by atoms with Gasteiger partial charge in [0.25, 0.3) is 10.1 Å². The van der Waals surface area contributed by atoms with E-state index in [4.69, 9.17) is 10.5 Å². The van der Waals surface area contributed by atoms with Crippen LogP contribution >= 0.6 is 0 Å². The summed E-state index contributed by atoms with van der Waals surface area (Å²) < 4.78 is 71.3. The van der Waals surface area contributed by atoms with E-state index in [1.807, 2.05) is 0 Å². The van der Waals surface area contributed by atoms with Crippen LogP contribution in [0, 0.1) is 0 Å². The van der Waals surface area contributed by atoms with E-state index >= 15 is 0 Å². The van der Waals surface area contributed by atoms with Crippen LogP contribution in [0.25, 0.3) is 10.8 Å². The first kappa shape index (κ1) is 28.8. The summed E-state index contributed by atoms with van der Waals surface area (Å²) in [4.78, 5) is -1.30. The molecule has 0 aliphatic rings. The van der Waals surface area contributed by atoms with Gasteiger partial charge in [0.05, 0.1) is 17.7 Å². The van der Waals surface area contributed by atoms with E-state index < -0.39 is 35.8 Å². The summed E-state index contributed by atoms with van der Waals surface area (Å²) in [5.74, 6) is -0.702. The third-order valence-electron chi connectivity index (χ3n) is 4.05. The van der Waals surface area contributed by atoms with Gasteiger partial charge in [-0.3, -0.25) is 4.55 Å². The monoisotopic (exact) mass is 497 g/mol. The zero-order valence-corrected chi connectivity index (χ0v) is 22.8. The van der Waals surface area contributed by atoms with Crippen molar-refractivity contribution < 1.29 is 94.9 Å². The number of nitrogen functional groups attached to an aromatic ring is 1. The van der Waals surface area contributed by atoms with E-state index in [9.17, 15) is 31.0 Å². The van der Waals surface area contributed by atoms with Gasteiger partial charge >= 0.3 is 59.1 Å². The molecule has 0 unspecified atom stereocenters. The summed E-state index contributed by atoms with van der Waals surface area (Å²) >= 11 is 0. The normalized spacial score (nSPS) is 11.7. The number of anilines is 1. The Kier molecular flexibility index (Phi) is 9.69. The number of methoxy groups -OCH3 is 1. The zero-order valence-electron chi connectivity index (χ0n) is 17.1. The van der Waals surface area contributed by atoms with Gasteiger partial charge in [0.1, 0.15) is 32.1 Å². The van der Waals surface area contributed by atoms with Crippen LogP contribution in [0.3, 0.4) is 0 Å². The maximum atomic E-state index is 12.4. The summed E-state index contributed by atoms with van der Waals surface area (Å²) in [5, 5.41) is 20.0. The Balaban J connectivity index is 0.00000256. The first-order valence-electron chi connectivity index (χ1n) is 7.98. The van der Waals surface area contributed by atoms with E-state index in [2.05, 4.69) is 10.2 Å². The number of benzene rings is 3. The maximum Gasteiger partial charge on any atom is 1.00 e. The summed E-state index contributed by atoms with van der Waals surface area (Å²) in [7, 11) is -8.25. The summed E-state index contributed by atoms with van der Waals surface area (Å²) in [6.07, 6.45) is 0. The smallest absolute Gasteiger partial charge is 0.872 e. The second-order valence-corrected chi connectivity index (χ2v) is 8.76. The van der Waals surface area contributed by atoms with E-state index in [0.717, 1.165) is 12.1 Å². The molecule has 0 atom stereocenters. The molecule has 0 fully saturated rings. The molecule has 0 aliphatic heterocycles. The number of fused-ring (bicyclic) bond motifs is 1. The third-order valence-corrected chi connectivity index (χ3v) is 5.75. The second-order valence-electron chi connectivity index (χ2n) is 5.99. The Hall–Kier alpha value is -1.26. The number of nitrogens with two attached hydrogens (primary N) is 1. The van der Waals surface area contributed by atoms with Crippen LogP contribution in [-0.2, 0) is 20.2 Å². The number of rotatable bonds is 5. The molecule has 158 valence electrons. The number of nitrogens with zero attached hydrogens (tertiary/aromatic N) is 2. The van der Waals surface area contributed by atoms with Crippen molar-refractivity contribution in [2.45, 2.75) is 9.79 Å². The van der Waals surface area contributed by atoms with Crippen molar-refractivity contribution in [3.05, 3.63) is 42.5 Å². The SMILES string of the molecule is COc1ccc(N=Nc2c(N)ccc3cc(S(=O)(=O)[O-])cc([O-])c23)c(S(=O)(=O)O)c1.[Na+].[Na+]. The molecule has 0 saturated carbocycles. The predicted molar refractivity (Wildman–Crippen MR) is 103 cm³/mol. The molecule has 0 spiro atoms. The van der Waals surface area contributed by atoms with Gasteiger partial charge in [0.2, 0.25) is 0 Å². The first-order chi connectivity index (χ1) is 13.9. The van der Waals surface area contributed by atoms with Crippen LogP contribution in [-0.4, -0.2) is 33.1 Å². The van der Waals surface area contributed by atoms with Crippen LogP contribution in [0.1, 0.15) is 0 Å². The Labute approximate surface area is 227 Å². The molecule has 0 bridgehead atoms. The third kappa shape index (κ3) is 6.20. The first-order valence-corrected chi connectivity index (χ1v) is 10.8. The predicted octanol–water partition coefficient (Wildman–Crippen LogP) is -3.92. The fraction of sp³-hybridized carbons (Fsp3) is 0.0588. The van der Waals surface area contributed by atoms with Crippen LogP contribution < -0.4 is 74.7 Å². The quantitative estimate of drug-likeness (QED) is 0.153. The minimum atomic E-state index is -4.87. The molecule has 0 radical (unpaired) electrons. The number of ether oxygens (including phenoxy) is 1. The van der Waals surface area contributed by atoms with Gasteiger partial charge in [0, 0.05) is 11.5 Å². The van der Waals surface area contributed by atoms with Crippen LogP contribution in [0.2, 0.25) is 0 Å². The fourth-order valence-corrected chi connectivity index (χ4v) is 3.83. The van der Waals surface area contributed by atoms with Crippen molar-refractivity contribution >= 4 is 48.1 Å². The Morgan fingerprint density at radius 3 is 2.22 bits per heavy atom. The molecule has 0 saturated heterocycles. The minimum absolute atomic E-state index is 0. The van der Waals surface area contributed by atoms with Crippen molar-refractivity contribution in [1.82, 2.24) is 0 Å². The minimum Gasteiger partial charge on any atom is -0.872 e. The summed E-state index contributed by atoms with van der Waals surface area (Å²) in [6, 6.07) is 7.90. The zero-order chi connectivity index (χ0) is 22.3. The molecule has 0 aromatic heterocycles. The van der Waals surface area contributed by atoms with E-state index in [-0.39, 0.29) is 92.7 Å². The molecule has 0 amide bonds. The Morgan fingerprint density at radius 1 is 1.00 bits per heavy atom. The number of hydrogen-bond acceptors (Lipinski definition) is 10. The molecule has 3 aromatic carbocycles. The molecule has 15 heteroatoms. The Morgan fingerprint density at radius 2 is 1.66 bits per heavy atom. The molecule has 3 rings (SSSR count). The van der Waals surface area contributed by atoms with Crippen LogP contribution in [0.4, 0.5) is 17.1 Å². The molecule has 3 aromatic rings. The van der Waals surface area contributed by atoms with Gasteiger partial charge in [-0.2, -0.15) is 8.42 Å². The maximum absolute atomic E-state index is 12.4. The van der Waals surface area contributed by atoms with Crippen LogP contribution in [0.15, 0.2) is 62.5 Å². The summed E-state index contributed by atoms with van der Waals surface area (Å²) in [6.45, 7) is 0. The van der Waals surface area contributed by atoms with Gasteiger partial charge < -0.3 is 20.1 Å². The van der Waals surface area contributed by atoms with Crippen LogP contribution in [0.5, 0.6) is 11.5 Å². The van der Waals surface area contributed by atoms with Gasteiger partial charge in [-0.1, -0.05) is 17.9 Å². The van der Waals surface area contributed by atoms with Crippen molar-refractivity contribution in [3.8, 4) is 11.5 Å². The van der Waals surface area contributed by atoms with Gasteiger partial charge in [-0.05, 0) is 29.7 Å². The second kappa shape index (κ2) is 10.8. The molecule has 0 heterocycles. The standard InChI is InChI=1S/C17H15N3O8S2.2Na/c1-28-10-3-5-13(15(7-10)30(25,26)27)19-20-17-12(18)4-2-9-6-11(29(22,23)24)8-14(21)16(9)17;;/h2-8,21H,18H2,1H3,(H,22,23,24)(H,25,26,27);;/q;2*+1/p-2. The van der Waals surface area contributed by atoms with E-state index in [1.165, 1.54) is 31.4 Å². The van der Waals surface area contributed by atoms with Gasteiger partial charge in [-0.25, -0.2) is 8.42 Å². The van der Waals surface area contributed by atoms with Crippen molar-refractivity contribution in [2.24, 2.45) is 10.2 Å². The molecule has 11 nitrogen and oxygen atoms in total. The Bertz CT molecular complexity index is 1410. The van der Waals surface area contributed by atoms with Crippen molar-refractivity contribution in [1.29, 1.82) is 0 Å². The average molecular weight is 497 g/mol. The van der Waals surface area contributed by atoms with Crippen molar-refractivity contribution in [3.63, 3.8) is 0 Å². The molecule has 0 aliphatic carbocycles. The number of hydrogen-bond donors (Lipinski definition) is 2. The molecule has 32 heavy (non-hydrogen) atoms. The van der Waals surface area contributed by atoms with E-state index in [0.29, 0.717) is 6.07 Å². The van der Waals surface area contributed by atoms with Gasteiger partial charge in [0.15, 0.2) is 0 Å². The topological polar surface area (TPSA) is 195 Å². The molecular formula is C17H13N3Na2O8S2. The largest absolute Gasteiger partial charge is 1.00 e.